The largest absolute Gasteiger partial charge is 0.348 e. The maximum atomic E-state index is 11.9. The van der Waals surface area contributed by atoms with Gasteiger partial charge in [0.1, 0.15) is 5.15 Å². The second-order valence-electron chi connectivity index (χ2n) is 5.28. The number of hydrogen-bond acceptors (Lipinski definition) is 3. The number of halogens is 1. The molecule has 0 spiro atoms. The van der Waals surface area contributed by atoms with Crippen LogP contribution in [0.1, 0.15) is 36.6 Å². The van der Waals surface area contributed by atoms with Gasteiger partial charge < -0.3 is 5.32 Å². The van der Waals surface area contributed by atoms with Gasteiger partial charge >= 0.3 is 0 Å². The first-order chi connectivity index (χ1) is 11.1. The van der Waals surface area contributed by atoms with Gasteiger partial charge in [-0.2, -0.15) is 5.10 Å². The van der Waals surface area contributed by atoms with Crippen molar-refractivity contribution in [2.75, 3.05) is 0 Å². The molecule has 2 aromatic heterocycles. The average molecular weight is 333 g/mol. The third-order valence-corrected chi connectivity index (χ3v) is 3.82. The quantitative estimate of drug-likeness (QED) is 0.791. The highest BCUT2D eigenvalue weighted by Gasteiger charge is 2.10. The summed E-state index contributed by atoms with van der Waals surface area (Å²) in [5, 5.41) is 7.80. The van der Waals surface area contributed by atoms with E-state index >= 15 is 0 Å². The first kappa shape index (κ1) is 17.2. The van der Waals surface area contributed by atoms with E-state index in [-0.39, 0.29) is 5.91 Å². The molecule has 0 aliphatic heterocycles. The van der Waals surface area contributed by atoms with Gasteiger partial charge in [0.2, 0.25) is 5.91 Å². The number of pyridine rings is 1. The number of rotatable bonds is 7. The SMILES string of the molecule is CCCCn1nc(C)c(/C=C/C(=O)NCc2cccnc2)c1Cl. The summed E-state index contributed by atoms with van der Waals surface area (Å²) in [5.41, 5.74) is 2.57. The van der Waals surface area contributed by atoms with Crippen LogP contribution < -0.4 is 5.32 Å². The molecule has 0 aromatic carbocycles. The Hall–Kier alpha value is -2.14. The molecule has 122 valence electrons. The second kappa shape index (κ2) is 8.48. The topological polar surface area (TPSA) is 59.8 Å². The number of carbonyl (C=O) groups is 1. The summed E-state index contributed by atoms with van der Waals surface area (Å²) in [5.74, 6) is -0.175. The van der Waals surface area contributed by atoms with E-state index < -0.39 is 0 Å². The minimum Gasteiger partial charge on any atom is -0.348 e. The molecule has 0 unspecified atom stereocenters. The lowest BCUT2D eigenvalue weighted by Gasteiger charge is -2.02. The molecule has 2 rings (SSSR count). The Bertz CT molecular complexity index is 679. The lowest BCUT2D eigenvalue weighted by Crippen LogP contribution is -2.20. The monoisotopic (exact) mass is 332 g/mol. The molecule has 0 fully saturated rings. The third-order valence-electron chi connectivity index (χ3n) is 3.42. The lowest BCUT2D eigenvalue weighted by atomic mass is 10.2. The van der Waals surface area contributed by atoms with E-state index in [2.05, 4.69) is 22.3 Å². The molecule has 0 aliphatic carbocycles. The van der Waals surface area contributed by atoms with E-state index in [4.69, 9.17) is 11.6 Å². The van der Waals surface area contributed by atoms with Crippen molar-refractivity contribution >= 4 is 23.6 Å². The average Bonchev–Trinajstić information content (AvgIpc) is 2.83. The van der Waals surface area contributed by atoms with Crippen molar-refractivity contribution in [3.63, 3.8) is 0 Å². The zero-order valence-corrected chi connectivity index (χ0v) is 14.2. The van der Waals surface area contributed by atoms with Crippen molar-refractivity contribution in [3.8, 4) is 0 Å². The van der Waals surface area contributed by atoms with Crippen molar-refractivity contribution in [1.29, 1.82) is 0 Å². The molecule has 23 heavy (non-hydrogen) atoms. The van der Waals surface area contributed by atoms with Gasteiger partial charge in [0.15, 0.2) is 0 Å². The van der Waals surface area contributed by atoms with E-state index in [1.807, 2.05) is 19.1 Å². The minimum absolute atomic E-state index is 0.175. The first-order valence-corrected chi connectivity index (χ1v) is 8.07. The third kappa shape index (κ3) is 4.93. The molecule has 0 saturated heterocycles. The predicted octanol–water partition coefficient (Wildman–Crippen LogP) is 3.37. The normalized spacial score (nSPS) is 11.1. The van der Waals surface area contributed by atoms with E-state index in [1.165, 1.54) is 6.08 Å². The standard InChI is InChI=1S/C17H21ClN4O/c1-3-4-10-22-17(18)15(13(2)21-22)7-8-16(23)20-12-14-6-5-9-19-11-14/h5-9,11H,3-4,10,12H2,1-2H3,(H,20,23)/b8-7+. The molecule has 2 aromatic rings. The van der Waals surface area contributed by atoms with Crippen LogP contribution in [0.3, 0.4) is 0 Å². The lowest BCUT2D eigenvalue weighted by molar-refractivity contribution is -0.116. The van der Waals surface area contributed by atoms with Crippen LogP contribution in [0.4, 0.5) is 0 Å². The summed E-state index contributed by atoms with van der Waals surface area (Å²) in [6.07, 6.45) is 8.73. The number of aryl methyl sites for hydroxylation is 2. The van der Waals surface area contributed by atoms with Gasteiger partial charge in [0.25, 0.3) is 0 Å². The van der Waals surface area contributed by atoms with E-state index in [0.29, 0.717) is 11.7 Å². The highest BCUT2D eigenvalue weighted by atomic mass is 35.5. The van der Waals surface area contributed by atoms with Crippen molar-refractivity contribution in [3.05, 3.63) is 52.6 Å². The van der Waals surface area contributed by atoms with Gasteiger partial charge in [-0.25, -0.2) is 0 Å². The number of amides is 1. The molecule has 5 nitrogen and oxygen atoms in total. The number of hydrogen-bond donors (Lipinski definition) is 1. The van der Waals surface area contributed by atoms with Crippen LogP contribution in [0.25, 0.3) is 6.08 Å². The van der Waals surface area contributed by atoms with Crippen LogP contribution in [0.2, 0.25) is 5.15 Å². The molecule has 6 heteroatoms. The summed E-state index contributed by atoms with van der Waals surface area (Å²) in [7, 11) is 0. The molecular formula is C17H21ClN4O. The highest BCUT2D eigenvalue weighted by Crippen LogP contribution is 2.21. The Labute approximate surface area is 141 Å². The molecular weight excluding hydrogens is 312 g/mol. The summed E-state index contributed by atoms with van der Waals surface area (Å²) < 4.78 is 1.79. The number of nitrogens with one attached hydrogen (secondary N) is 1. The van der Waals surface area contributed by atoms with E-state index in [0.717, 1.165) is 36.2 Å². The minimum atomic E-state index is -0.175. The van der Waals surface area contributed by atoms with Gasteiger partial charge in [-0.05, 0) is 31.1 Å². The summed E-state index contributed by atoms with van der Waals surface area (Å²) in [6.45, 7) is 5.25. The van der Waals surface area contributed by atoms with Gasteiger partial charge in [-0.15, -0.1) is 0 Å². The Morgan fingerprint density at radius 1 is 1.48 bits per heavy atom. The first-order valence-electron chi connectivity index (χ1n) is 7.69. The fraction of sp³-hybridized carbons (Fsp3) is 0.353. The zero-order chi connectivity index (χ0) is 16.7. The molecule has 0 atom stereocenters. The number of nitrogens with zero attached hydrogens (tertiary/aromatic N) is 3. The van der Waals surface area contributed by atoms with Crippen molar-refractivity contribution in [2.24, 2.45) is 0 Å². The fourth-order valence-electron chi connectivity index (χ4n) is 2.12. The number of carbonyl (C=O) groups excluding carboxylic acids is 1. The van der Waals surface area contributed by atoms with Crippen molar-refractivity contribution in [2.45, 2.75) is 39.8 Å². The van der Waals surface area contributed by atoms with Gasteiger partial charge in [-0.1, -0.05) is 31.0 Å². The molecule has 1 amide bonds. The van der Waals surface area contributed by atoms with Crippen LogP contribution in [-0.2, 0) is 17.9 Å². The molecule has 1 N–H and O–H groups in total. The Morgan fingerprint density at radius 2 is 2.30 bits per heavy atom. The Balaban J connectivity index is 1.96. The molecule has 0 bridgehead atoms. The zero-order valence-electron chi connectivity index (χ0n) is 13.4. The smallest absolute Gasteiger partial charge is 0.244 e. The van der Waals surface area contributed by atoms with Crippen LogP contribution in [0.5, 0.6) is 0 Å². The maximum absolute atomic E-state index is 11.9. The van der Waals surface area contributed by atoms with Crippen LogP contribution >= 0.6 is 11.6 Å². The fourth-order valence-corrected chi connectivity index (χ4v) is 2.44. The van der Waals surface area contributed by atoms with Crippen LogP contribution in [0.15, 0.2) is 30.6 Å². The Kier molecular flexibility index (Phi) is 6.35. The summed E-state index contributed by atoms with van der Waals surface area (Å²) >= 11 is 6.33. The van der Waals surface area contributed by atoms with Gasteiger partial charge in [0.05, 0.1) is 5.69 Å². The van der Waals surface area contributed by atoms with Gasteiger partial charge in [-0.3, -0.25) is 14.5 Å². The Morgan fingerprint density at radius 3 is 3.00 bits per heavy atom. The summed E-state index contributed by atoms with van der Waals surface area (Å²) in [4.78, 5) is 15.9. The van der Waals surface area contributed by atoms with E-state index in [9.17, 15) is 4.79 Å². The van der Waals surface area contributed by atoms with Crippen LogP contribution in [0, 0.1) is 6.92 Å². The molecule has 0 radical (unpaired) electrons. The van der Waals surface area contributed by atoms with Crippen molar-refractivity contribution in [1.82, 2.24) is 20.1 Å². The van der Waals surface area contributed by atoms with Gasteiger partial charge in [0, 0.05) is 37.1 Å². The highest BCUT2D eigenvalue weighted by molar-refractivity contribution is 6.31. The molecule has 0 aliphatic rings. The maximum Gasteiger partial charge on any atom is 0.244 e. The van der Waals surface area contributed by atoms with Crippen molar-refractivity contribution < 1.29 is 4.79 Å². The molecule has 2 heterocycles. The molecule has 0 saturated carbocycles. The summed E-state index contributed by atoms with van der Waals surface area (Å²) in [6, 6.07) is 3.75. The predicted molar refractivity (Wildman–Crippen MR) is 92.0 cm³/mol. The second-order valence-corrected chi connectivity index (χ2v) is 5.64. The number of aromatic nitrogens is 3. The van der Waals surface area contributed by atoms with E-state index in [1.54, 1.807) is 23.2 Å². The van der Waals surface area contributed by atoms with Crippen LogP contribution in [-0.4, -0.2) is 20.7 Å². The number of unbranched alkanes of at least 4 members (excludes halogenated alkanes) is 1.